The molecule has 3 amide bonds. The number of carbonyl (C=O) groups excluding carboxylic acids is 3. The molecule has 0 bridgehead atoms. The summed E-state index contributed by atoms with van der Waals surface area (Å²) in [6.07, 6.45) is 3.59. The highest BCUT2D eigenvalue weighted by Crippen LogP contribution is 2.20. The van der Waals surface area contributed by atoms with Crippen LogP contribution >= 0.6 is 12.6 Å². The number of aromatic nitrogens is 2. The molecule has 0 aliphatic carbocycles. The van der Waals surface area contributed by atoms with Crippen LogP contribution in [-0.2, 0) is 40.2 Å². The zero-order chi connectivity index (χ0) is 36.2. The molecular formula is C39H40N6O5S. The van der Waals surface area contributed by atoms with Crippen LogP contribution < -0.4 is 21.7 Å². The molecule has 12 heteroatoms. The van der Waals surface area contributed by atoms with Gasteiger partial charge in [0, 0.05) is 37.3 Å². The van der Waals surface area contributed by atoms with Crippen molar-refractivity contribution in [1.29, 1.82) is 0 Å². The highest BCUT2D eigenvalue weighted by atomic mass is 32.1. The van der Waals surface area contributed by atoms with E-state index in [4.69, 9.17) is 5.73 Å². The van der Waals surface area contributed by atoms with Gasteiger partial charge in [-0.1, -0.05) is 97.1 Å². The van der Waals surface area contributed by atoms with Gasteiger partial charge in [-0.2, -0.15) is 12.6 Å². The normalized spacial score (nSPS) is 13.3. The monoisotopic (exact) mass is 704 g/mol. The number of rotatable bonds is 16. The number of nitrogens with two attached hydrogens (primary N) is 1. The van der Waals surface area contributed by atoms with Gasteiger partial charge in [-0.3, -0.25) is 14.4 Å². The van der Waals surface area contributed by atoms with Crippen LogP contribution in [0.3, 0.4) is 0 Å². The highest BCUT2D eigenvalue weighted by Gasteiger charge is 2.30. The Morgan fingerprint density at radius 3 is 1.88 bits per heavy atom. The summed E-state index contributed by atoms with van der Waals surface area (Å²) in [4.78, 5) is 59.3. The van der Waals surface area contributed by atoms with E-state index in [0.717, 1.165) is 27.8 Å². The Morgan fingerprint density at radius 1 is 0.686 bits per heavy atom. The lowest BCUT2D eigenvalue weighted by atomic mass is 9.99. The van der Waals surface area contributed by atoms with Crippen LogP contribution in [0.2, 0.25) is 0 Å². The fourth-order valence-electron chi connectivity index (χ4n) is 5.53. The lowest BCUT2D eigenvalue weighted by Crippen LogP contribution is -2.57. The number of amides is 3. The van der Waals surface area contributed by atoms with Crippen molar-refractivity contribution in [2.45, 2.75) is 49.2 Å². The molecule has 4 aromatic carbocycles. The molecule has 0 saturated heterocycles. The molecule has 0 fully saturated rings. The van der Waals surface area contributed by atoms with E-state index in [2.05, 4.69) is 38.5 Å². The predicted molar refractivity (Wildman–Crippen MR) is 198 cm³/mol. The first-order chi connectivity index (χ1) is 24.7. The molecule has 0 aliphatic rings. The van der Waals surface area contributed by atoms with Gasteiger partial charge in [-0.05, 0) is 46.4 Å². The van der Waals surface area contributed by atoms with E-state index >= 15 is 0 Å². The number of imidazole rings is 1. The number of aromatic amines is 1. The molecular weight excluding hydrogens is 665 g/mol. The van der Waals surface area contributed by atoms with Crippen molar-refractivity contribution in [2.24, 2.45) is 5.73 Å². The van der Waals surface area contributed by atoms with Crippen LogP contribution in [0.25, 0.3) is 11.1 Å². The Hall–Kier alpha value is -5.72. The van der Waals surface area contributed by atoms with Crippen molar-refractivity contribution in [1.82, 2.24) is 25.9 Å². The topological polar surface area (TPSA) is 179 Å². The summed E-state index contributed by atoms with van der Waals surface area (Å²) in [5.74, 6) is -2.57. The number of aromatic carboxylic acids is 1. The molecule has 1 heterocycles. The van der Waals surface area contributed by atoms with Gasteiger partial charge in [-0.15, -0.1) is 0 Å². The summed E-state index contributed by atoms with van der Waals surface area (Å²) < 4.78 is 0. The van der Waals surface area contributed by atoms with Crippen molar-refractivity contribution in [2.75, 3.05) is 0 Å². The Morgan fingerprint density at radius 2 is 1.25 bits per heavy atom. The van der Waals surface area contributed by atoms with E-state index in [1.165, 1.54) is 18.5 Å². The number of H-pyrrole nitrogens is 1. The summed E-state index contributed by atoms with van der Waals surface area (Å²) in [6, 6.07) is 30.4. The second kappa shape index (κ2) is 17.8. The largest absolute Gasteiger partial charge is 0.478 e. The number of thiol groups is 1. The predicted octanol–water partition coefficient (Wildman–Crippen LogP) is 3.71. The lowest BCUT2D eigenvalue weighted by molar-refractivity contribution is -0.132. The average molecular weight is 705 g/mol. The molecule has 11 nitrogen and oxygen atoms in total. The molecule has 0 aliphatic heterocycles. The van der Waals surface area contributed by atoms with Gasteiger partial charge in [0.2, 0.25) is 17.7 Å². The summed E-state index contributed by atoms with van der Waals surface area (Å²) in [7, 11) is 0. The van der Waals surface area contributed by atoms with Crippen molar-refractivity contribution in [3.8, 4) is 11.1 Å². The lowest BCUT2D eigenvalue weighted by Gasteiger charge is -2.25. The zero-order valence-corrected chi connectivity index (χ0v) is 28.6. The molecule has 0 spiro atoms. The molecule has 262 valence electrons. The first kappa shape index (κ1) is 36.6. The number of carbonyl (C=O) groups is 4. The number of carboxylic acid groups (broad SMARTS) is 1. The number of hydrogen-bond acceptors (Lipinski definition) is 7. The van der Waals surface area contributed by atoms with Gasteiger partial charge < -0.3 is 31.8 Å². The van der Waals surface area contributed by atoms with Crippen molar-refractivity contribution in [3.05, 3.63) is 150 Å². The van der Waals surface area contributed by atoms with E-state index < -0.39 is 47.1 Å². The summed E-state index contributed by atoms with van der Waals surface area (Å²) in [5.41, 5.74) is 11.6. The van der Waals surface area contributed by atoms with Gasteiger partial charge >= 0.3 is 5.97 Å². The number of benzene rings is 4. The quantitative estimate of drug-likeness (QED) is 0.0766. The average Bonchev–Trinajstić information content (AvgIpc) is 3.67. The van der Waals surface area contributed by atoms with Gasteiger partial charge in [-0.25, -0.2) is 9.78 Å². The van der Waals surface area contributed by atoms with E-state index in [0.29, 0.717) is 5.69 Å². The maximum absolute atomic E-state index is 14.0. The third-order valence-electron chi connectivity index (χ3n) is 8.40. The number of nitrogens with zero attached hydrogens (tertiary/aromatic N) is 1. The molecule has 1 aromatic heterocycles. The molecule has 7 N–H and O–H groups in total. The van der Waals surface area contributed by atoms with Crippen LogP contribution in [0.5, 0.6) is 0 Å². The van der Waals surface area contributed by atoms with Crippen LogP contribution in [0.4, 0.5) is 0 Å². The zero-order valence-electron chi connectivity index (χ0n) is 27.7. The molecule has 5 rings (SSSR count). The number of nitrogens with one attached hydrogen (secondary N) is 4. The minimum absolute atomic E-state index is 0.126. The third kappa shape index (κ3) is 10.6. The first-order valence-electron chi connectivity index (χ1n) is 16.5. The van der Waals surface area contributed by atoms with Crippen LogP contribution in [-0.4, -0.2) is 62.1 Å². The summed E-state index contributed by atoms with van der Waals surface area (Å²) in [5, 5.41) is 16.8. The van der Waals surface area contributed by atoms with E-state index in [-0.39, 0.29) is 31.4 Å². The molecule has 0 saturated carbocycles. The fraction of sp³-hybridized carbons (Fsp3) is 0.205. The fourth-order valence-corrected chi connectivity index (χ4v) is 5.71. The minimum Gasteiger partial charge on any atom is -0.478 e. The van der Waals surface area contributed by atoms with Crippen molar-refractivity contribution >= 4 is 36.3 Å². The minimum atomic E-state index is -1.08. The van der Waals surface area contributed by atoms with Crippen LogP contribution in [0, 0.1) is 0 Å². The van der Waals surface area contributed by atoms with Gasteiger partial charge in [0.05, 0.1) is 17.1 Å². The van der Waals surface area contributed by atoms with Gasteiger partial charge in [0.1, 0.15) is 12.1 Å². The van der Waals surface area contributed by atoms with Crippen molar-refractivity contribution in [3.63, 3.8) is 0 Å². The van der Waals surface area contributed by atoms with Crippen LogP contribution in [0.1, 0.15) is 32.7 Å². The van der Waals surface area contributed by atoms with Crippen LogP contribution in [0.15, 0.2) is 122 Å². The molecule has 0 radical (unpaired) electrons. The van der Waals surface area contributed by atoms with E-state index in [1.54, 1.807) is 18.3 Å². The number of carboxylic acids is 1. The molecule has 5 aromatic rings. The standard InChI is InChI=1S/C39H40N6O5S/c40-32(19-25-13-17-30(18-14-25)39(49)50)35(51)38(48)45-33(20-26-11-15-29(16-12-26)28-9-5-2-6-10-28)37(47)44-34(21-31-23-41-24-43-31)36(46)42-22-27-7-3-1-4-8-27/h1-18,23-24,32-35,51H,19-22,40H2,(H,41,43)(H,42,46)(H,44,47)(H,45,48)(H,49,50)/t32-,33-,34-,35-/m0/s1. The first-order valence-corrected chi connectivity index (χ1v) is 17.0. The third-order valence-corrected chi connectivity index (χ3v) is 9.02. The maximum Gasteiger partial charge on any atom is 0.335 e. The SMILES string of the molecule is N[C@@H](Cc1ccc(C(=O)O)cc1)[C@H](S)C(=O)N[C@@H](Cc1ccc(-c2ccccc2)cc1)C(=O)N[C@@H](Cc1cnc[nH]1)C(=O)NCc1ccccc1. The Kier molecular flexibility index (Phi) is 12.8. The molecule has 0 unspecified atom stereocenters. The summed E-state index contributed by atoms with van der Waals surface area (Å²) in [6.45, 7) is 0.265. The highest BCUT2D eigenvalue weighted by molar-refractivity contribution is 7.81. The second-order valence-electron chi connectivity index (χ2n) is 12.2. The smallest absolute Gasteiger partial charge is 0.335 e. The van der Waals surface area contributed by atoms with E-state index in [9.17, 15) is 24.3 Å². The Labute approximate surface area is 301 Å². The molecule has 51 heavy (non-hydrogen) atoms. The van der Waals surface area contributed by atoms with Gasteiger partial charge in [0.15, 0.2) is 0 Å². The molecule has 4 atom stereocenters. The number of hydrogen-bond donors (Lipinski definition) is 7. The maximum atomic E-state index is 14.0. The van der Waals surface area contributed by atoms with E-state index in [1.807, 2.05) is 84.9 Å². The van der Waals surface area contributed by atoms with Crippen molar-refractivity contribution < 1.29 is 24.3 Å². The Balaban J connectivity index is 1.33. The summed E-state index contributed by atoms with van der Waals surface area (Å²) >= 11 is 4.51. The second-order valence-corrected chi connectivity index (χ2v) is 12.7. The van der Waals surface area contributed by atoms with Gasteiger partial charge in [0.25, 0.3) is 0 Å². The Bertz CT molecular complexity index is 1890.